The Labute approximate surface area is 196 Å². The maximum Gasteiger partial charge on any atom is 0.184 e. The lowest BCUT2D eigenvalue weighted by atomic mass is 10.1. The molecule has 0 aliphatic heterocycles. The fraction of sp³-hybridized carbons (Fsp3) is 0.167. The lowest BCUT2D eigenvalue weighted by Gasteiger charge is -2.17. The lowest BCUT2D eigenvalue weighted by Crippen LogP contribution is -2.07. The molecule has 0 spiro atoms. The maximum absolute atomic E-state index is 12.6. The average molecular weight is 457 g/mol. The van der Waals surface area contributed by atoms with Crippen LogP contribution in [0.3, 0.4) is 0 Å². The number of carbonyl (C=O) groups excluding carboxylic acids is 2. The Balaban J connectivity index is 1.73. The zero-order valence-electron chi connectivity index (χ0n) is 18.9. The molecule has 2 N–H and O–H groups in total. The second-order valence-corrected chi connectivity index (χ2v) is 7.34. The number of aryl methyl sites for hydroxylation is 1. The number of aldehydes is 1. The Hall–Kier alpha value is -4.60. The van der Waals surface area contributed by atoms with Gasteiger partial charge in [-0.25, -0.2) is 15.0 Å². The van der Waals surface area contributed by atoms with E-state index in [1.807, 2.05) is 18.2 Å². The molecule has 0 saturated heterocycles. The second kappa shape index (κ2) is 9.90. The van der Waals surface area contributed by atoms with Gasteiger partial charge in [-0.2, -0.15) is 5.10 Å². The SMILES string of the molecule is CCC(=O)c1cnc(Nc2cccc(C=O)n2)cc1Nc1cccc(-c2ncn(C)n2)c1OC. The van der Waals surface area contributed by atoms with Crippen LogP contribution in [0.15, 0.2) is 55.0 Å². The van der Waals surface area contributed by atoms with Crippen molar-refractivity contribution in [2.75, 3.05) is 17.7 Å². The third-order valence-corrected chi connectivity index (χ3v) is 5.00. The summed E-state index contributed by atoms with van der Waals surface area (Å²) in [5.41, 5.74) is 2.62. The first kappa shape index (κ1) is 22.6. The molecule has 1 aromatic carbocycles. The second-order valence-electron chi connectivity index (χ2n) is 7.34. The van der Waals surface area contributed by atoms with Gasteiger partial charge in [0.15, 0.2) is 23.6 Å². The van der Waals surface area contributed by atoms with Crippen molar-refractivity contribution in [1.29, 1.82) is 0 Å². The number of Topliss-reactive ketones (excluding diaryl/α,β-unsaturated/α-hetero) is 1. The minimum Gasteiger partial charge on any atom is -0.494 e. The molecule has 0 radical (unpaired) electrons. The van der Waals surface area contributed by atoms with E-state index in [9.17, 15) is 9.59 Å². The first-order valence-electron chi connectivity index (χ1n) is 10.5. The molecule has 0 saturated carbocycles. The van der Waals surface area contributed by atoms with E-state index in [1.165, 1.54) is 6.20 Å². The number of ether oxygens (including phenoxy) is 1. The first-order chi connectivity index (χ1) is 16.5. The summed E-state index contributed by atoms with van der Waals surface area (Å²) >= 11 is 0. The van der Waals surface area contributed by atoms with Gasteiger partial charge in [-0.15, -0.1) is 0 Å². The van der Waals surface area contributed by atoms with E-state index in [0.717, 1.165) is 0 Å². The minimum absolute atomic E-state index is 0.0656. The van der Waals surface area contributed by atoms with Gasteiger partial charge < -0.3 is 15.4 Å². The van der Waals surface area contributed by atoms with E-state index >= 15 is 0 Å². The summed E-state index contributed by atoms with van der Waals surface area (Å²) in [5.74, 6) is 1.90. The van der Waals surface area contributed by atoms with E-state index < -0.39 is 0 Å². The van der Waals surface area contributed by atoms with E-state index in [-0.39, 0.29) is 5.78 Å². The van der Waals surface area contributed by atoms with Crippen LogP contribution in [0.5, 0.6) is 5.75 Å². The van der Waals surface area contributed by atoms with Crippen LogP contribution in [-0.4, -0.2) is 43.9 Å². The highest BCUT2D eigenvalue weighted by Crippen LogP contribution is 2.37. The molecule has 0 bridgehead atoms. The number of nitrogens with one attached hydrogen (secondary N) is 2. The summed E-state index contributed by atoms with van der Waals surface area (Å²) in [6, 6.07) is 12.3. The molecule has 0 aliphatic carbocycles. The van der Waals surface area contributed by atoms with Crippen LogP contribution in [0.2, 0.25) is 0 Å². The molecule has 0 aliphatic rings. The highest BCUT2D eigenvalue weighted by molar-refractivity contribution is 6.02. The van der Waals surface area contributed by atoms with Gasteiger partial charge in [0.25, 0.3) is 0 Å². The third kappa shape index (κ3) is 4.75. The Morgan fingerprint density at radius 1 is 1.09 bits per heavy atom. The van der Waals surface area contributed by atoms with Gasteiger partial charge in [0.05, 0.1) is 29.6 Å². The molecule has 4 aromatic rings. The Morgan fingerprint density at radius 3 is 2.62 bits per heavy atom. The van der Waals surface area contributed by atoms with E-state index in [0.29, 0.717) is 64.1 Å². The fourth-order valence-electron chi connectivity index (χ4n) is 3.40. The number of ketones is 1. The molecule has 3 heterocycles. The van der Waals surface area contributed by atoms with Crippen LogP contribution < -0.4 is 15.4 Å². The summed E-state index contributed by atoms with van der Waals surface area (Å²) in [6.07, 6.45) is 4.11. The van der Waals surface area contributed by atoms with Gasteiger partial charge >= 0.3 is 0 Å². The van der Waals surface area contributed by atoms with E-state index in [4.69, 9.17) is 4.74 Å². The molecule has 10 nitrogen and oxygen atoms in total. The van der Waals surface area contributed by atoms with Gasteiger partial charge in [0.2, 0.25) is 0 Å². The van der Waals surface area contributed by atoms with Crippen molar-refractivity contribution in [3.63, 3.8) is 0 Å². The van der Waals surface area contributed by atoms with Crippen molar-refractivity contribution < 1.29 is 14.3 Å². The summed E-state index contributed by atoms with van der Waals surface area (Å²) in [6.45, 7) is 1.79. The number of methoxy groups -OCH3 is 1. The number of carbonyl (C=O) groups is 2. The minimum atomic E-state index is -0.0656. The van der Waals surface area contributed by atoms with Crippen LogP contribution in [0.25, 0.3) is 11.4 Å². The number of rotatable bonds is 9. The number of nitrogens with zero attached hydrogens (tertiary/aromatic N) is 5. The molecule has 0 atom stereocenters. The highest BCUT2D eigenvalue weighted by atomic mass is 16.5. The quantitative estimate of drug-likeness (QED) is 0.281. The van der Waals surface area contributed by atoms with Crippen molar-refractivity contribution in [2.24, 2.45) is 7.05 Å². The summed E-state index contributed by atoms with van der Waals surface area (Å²) in [4.78, 5) is 36.5. The molecule has 0 unspecified atom stereocenters. The smallest absolute Gasteiger partial charge is 0.184 e. The monoisotopic (exact) mass is 457 g/mol. The van der Waals surface area contributed by atoms with Crippen LogP contribution in [0.1, 0.15) is 34.2 Å². The number of para-hydroxylation sites is 1. The predicted octanol–water partition coefficient (Wildman–Crippen LogP) is 4.17. The maximum atomic E-state index is 12.6. The first-order valence-corrected chi connectivity index (χ1v) is 10.5. The summed E-state index contributed by atoms with van der Waals surface area (Å²) in [7, 11) is 3.36. The van der Waals surface area contributed by atoms with Gasteiger partial charge in [-0.1, -0.05) is 19.1 Å². The fourth-order valence-corrected chi connectivity index (χ4v) is 3.40. The van der Waals surface area contributed by atoms with Gasteiger partial charge in [-0.05, 0) is 24.3 Å². The Morgan fingerprint density at radius 2 is 1.91 bits per heavy atom. The molecule has 10 heteroatoms. The highest BCUT2D eigenvalue weighted by Gasteiger charge is 2.18. The largest absolute Gasteiger partial charge is 0.494 e. The van der Waals surface area contributed by atoms with Gasteiger partial charge in [0.1, 0.15) is 23.7 Å². The number of anilines is 4. The van der Waals surface area contributed by atoms with Gasteiger partial charge in [-0.3, -0.25) is 14.3 Å². The molecule has 172 valence electrons. The van der Waals surface area contributed by atoms with Crippen molar-refractivity contribution in [2.45, 2.75) is 13.3 Å². The number of pyridine rings is 2. The van der Waals surface area contributed by atoms with E-state index in [1.54, 1.807) is 56.4 Å². The van der Waals surface area contributed by atoms with E-state index in [2.05, 4.69) is 30.7 Å². The molecule has 4 rings (SSSR count). The van der Waals surface area contributed by atoms with Gasteiger partial charge in [0, 0.05) is 25.7 Å². The van der Waals surface area contributed by atoms with Crippen LogP contribution in [0, 0.1) is 0 Å². The lowest BCUT2D eigenvalue weighted by molar-refractivity contribution is 0.0988. The number of aromatic nitrogens is 5. The third-order valence-electron chi connectivity index (χ3n) is 5.00. The molecular formula is C24H23N7O3. The zero-order valence-corrected chi connectivity index (χ0v) is 18.9. The Kier molecular flexibility index (Phi) is 6.58. The zero-order chi connectivity index (χ0) is 24.1. The van der Waals surface area contributed by atoms with Crippen molar-refractivity contribution in [3.05, 3.63) is 66.2 Å². The van der Waals surface area contributed by atoms with Crippen molar-refractivity contribution in [3.8, 4) is 17.1 Å². The summed E-state index contributed by atoms with van der Waals surface area (Å²) in [5, 5.41) is 10.7. The number of benzene rings is 1. The topological polar surface area (TPSA) is 124 Å². The molecular weight excluding hydrogens is 434 g/mol. The summed E-state index contributed by atoms with van der Waals surface area (Å²) < 4.78 is 7.29. The molecule has 34 heavy (non-hydrogen) atoms. The standard InChI is InChI=1S/C24H23N7O3/c1-4-20(33)17-12-25-22(29-21-10-5-7-15(13-32)27-21)11-19(17)28-18-9-6-8-16(23(18)34-3)24-26-14-31(2)30-24/h5-14H,4H2,1-3H3,(H2,25,27,28,29). The normalized spacial score (nSPS) is 10.6. The number of hydrogen-bond acceptors (Lipinski definition) is 9. The van der Waals surface area contributed by atoms with Crippen LogP contribution in [-0.2, 0) is 7.05 Å². The number of hydrogen-bond donors (Lipinski definition) is 2. The predicted molar refractivity (Wildman–Crippen MR) is 128 cm³/mol. The average Bonchev–Trinajstić information content (AvgIpc) is 3.29. The molecule has 3 aromatic heterocycles. The molecule has 0 amide bonds. The van der Waals surface area contributed by atoms with Crippen LogP contribution >= 0.6 is 0 Å². The molecule has 0 fully saturated rings. The van der Waals surface area contributed by atoms with Crippen LogP contribution in [0.4, 0.5) is 23.0 Å². The van der Waals surface area contributed by atoms with Crippen molar-refractivity contribution in [1.82, 2.24) is 24.7 Å². The van der Waals surface area contributed by atoms with Crippen molar-refractivity contribution >= 4 is 35.1 Å². The Bertz CT molecular complexity index is 1350.